The van der Waals surface area contributed by atoms with Gasteiger partial charge < -0.3 is 4.90 Å². The summed E-state index contributed by atoms with van der Waals surface area (Å²) in [5.74, 6) is 0.0525. The van der Waals surface area contributed by atoms with Gasteiger partial charge in [0.1, 0.15) is 5.37 Å². The van der Waals surface area contributed by atoms with Gasteiger partial charge in [0.2, 0.25) is 0 Å². The lowest BCUT2D eigenvalue weighted by Gasteiger charge is -2.23. The second kappa shape index (κ2) is 8.56. The minimum Gasteiger partial charge on any atom is -0.317 e. The van der Waals surface area contributed by atoms with E-state index < -0.39 is 0 Å². The summed E-state index contributed by atoms with van der Waals surface area (Å²) in [5, 5.41) is 0.616. The van der Waals surface area contributed by atoms with E-state index in [4.69, 9.17) is 11.6 Å². The summed E-state index contributed by atoms with van der Waals surface area (Å²) >= 11 is 11.1. The topological polar surface area (TPSA) is 20.3 Å². The molecule has 2 nitrogen and oxygen atoms in total. The van der Waals surface area contributed by atoms with Crippen molar-refractivity contribution >= 4 is 51.3 Å². The average Bonchev–Trinajstić information content (AvgIpc) is 3.01. The molecule has 3 aromatic rings. The summed E-state index contributed by atoms with van der Waals surface area (Å²) < 4.78 is 1.02. The molecule has 0 radical (unpaired) electrons. The third-order valence-electron chi connectivity index (χ3n) is 4.51. The molecule has 1 heterocycles. The normalized spacial score (nSPS) is 18.1. The van der Waals surface area contributed by atoms with Crippen molar-refractivity contribution in [2.45, 2.75) is 11.9 Å². The van der Waals surface area contributed by atoms with Crippen molar-refractivity contribution in [3.05, 3.63) is 110 Å². The molecule has 140 valence electrons. The van der Waals surface area contributed by atoms with Crippen molar-refractivity contribution in [1.82, 2.24) is 4.90 Å². The fourth-order valence-corrected chi connectivity index (χ4v) is 4.74. The fraction of sp³-hybridized carbons (Fsp3) is 0.0870. The Morgan fingerprint density at radius 1 is 0.964 bits per heavy atom. The van der Waals surface area contributed by atoms with Crippen LogP contribution in [0.2, 0.25) is 5.02 Å². The molecular weight excluding hydrogens is 454 g/mol. The van der Waals surface area contributed by atoms with Crippen LogP contribution in [-0.2, 0) is 11.3 Å². The number of amides is 1. The molecule has 1 saturated heterocycles. The number of carbonyl (C=O) groups excluding carboxylic acids is 1. The summed E-state index contributed by atoms with van der Waals surface area (Å²) in [7, 11) is 0. The van der Waals surface area contributed by atoms with E-state index in [-0.39, 0.29) is 11.3 Å². The van der Waals surface area contributed by atoms with Crippen LogP contribution in [-0.4, -0.2) is 10.8 Å². The Labute approximate surface area is 182 Å². The first kappa shape index (κ1) is 19.3. The van der Waals surface area contributed by atoms with Crippen molar-refractivity contribution in [2.24, 2.45) is 0 Å². The Morgan fingerprint density at radius 3 is 2.32 bits per heavy atom. The van der Waals surface area contributed by atoms with Gasteiger partial charge in [0.05, 0.1) is 4.91 Å². The Hall–Kier alpha value is -2.01. The predicted octanol–water partition coefficient (Wildman–Crippen LogP) is 6.92. The summed E-state index contributed by atoms with van der Waals surface area (Å²) in [4.78, 5) is 15.9. The first-order chi connectivity index (χ1) is 13.6. The van der Waals surface area contributed by atoms with E-state index in [2.05, 4.69) is 15.9 Å². The third kappa shape index (κ3) is 4.35. The highest BCUT2D eigenvalue weighted by Crippen LogP contribution is 2.47. The van der Waals surface area contributed by atoms with Crippen molar-refractivity contribution < 1.29 is 4.79 Å². The maximum atomic E-state index is 13.2. The summed E-state index contributed by atoms with van der Waals surface area (Å²) in [6.45, 7) is 0.567. The van der Waals surface area contributed by atoms with Crippen LogP contribution in [0.1, 0.15) is 22.1 Å². The molecule has 0 aromatic heterocycles. The van der Waals surface area contributed by atoms with Crippen molar-refractivity contribution in [1.29, 1.82) is 0 Å². The molecule has 28 heavy (non-hydrogen) atoms. The first-order valence-electron chi connectivity index (χ1n) is 8.84. The van der Waals surface area contributed by atoms with Gasteiger partial charge in [0.25, 0.3) is 5.91 Å². The molecule has 1 aliphatic heterocycles. The molecule has 1 fully saturated rings. The van der Waals surface area contributed by atoms with Crippen molar-refractivity contribution in [2.75, 3.05) is 0 Å². The van der Waals surface area contributed by atoms with Gasteiger partial charge in [-0.3, -0.25) is 4.79 Å². The maximum Gasteiger partial charge on any atom is 0.261 e. The number of rotatable bonds is 4. The van der Waals surface area contributed by atoms with E-state index in [0.717, 1.165) is 26.1 Å². The highest BCUT2D eigenvalue weighted by molar-refractivity contribution is 9.10. The smallest absolute Gasteiger partial charge is 0.261 e. The fourth-order valence-electron chi connectivity index (χ4n) is 3.10. The molecule has 0 N–H and O–H groups in total. The van der Waals surface area contributed by atoms with Crippen LogP contribution < -0.4 is 0 Å². The van der Waals surface area contributed by atoms with Gasteiger partial charge in [-0.15, -0.1) is 0 Å². The van der Waals surface area contributed by atoms with Crippen molar-refractivity contribution in [3.8, 4) is 0 Å². The number of halogens is 2. The van der Waals surface area contributed by atoms with E-state index >= 15 is 0 Å². The molecule has 0 unspecified atom stereocenters. The number of nitrogens with zero attached hydrogens (tertiary/aromatic N) is 1. The molecule has 5 heteroatoms. The van der Waals surface area contributed by atoms with Crippen LogP contribution in [0.15, 0.2) is 88.2 Å². The molecular formula is C23H17BrClNOS. The largest absolute Gasteiger partial charge is 0.317 e. The molecule has 0 spiro atoms. The van der Waals surface area contributed by atoms with Crippen LogP contribution in [0.3, 0.4) is 0 Å². The zero-order chi connectivity index (χ0) is 19.5. The second-order valence-electron chi connectivity index (χ2n) is 6.50. The van der Waals surface area contributed by atoms with Gasteiger partial charge in [-0.2, -0.15) is 0 Å². The molecule has 0 bridgehead atoms. The maximum absolute atomic E-state index is 13.2. The first-order valence-corrected chi connectivity index (χ1v) is 10.9. The highest BCUT2D eigenvalue weighted by atomic mass is 79.9. The van der Waals surface area contributed by atoms with E-state index in [1.165, 1.54) is 0 Å². The standard InChI is InChI=1S/C23H17BrClNOS/c24-19-10-6-16(7-11-19)14-21-22(27)26(15-17-4-2-1-3-5-17)23(28-21)18-8-12-20(25)13-9-18/h1-14,23H,15H2/b21-14-/t23-/m1/s1. The summed E-state index contributed by atoms with van der Waals surface area (Å²) in [6.07, 6.45) is 1.97. The Kier molecular flexibility index (Phi) is 5.90. The number of hydrogen-bond donors (Lipinski definition) is 0. The number of carbonyl (C=O) groups is 1. The Morgan fingerprint density at radius 2 is 1.64 bits per heavy atom. The summed E-state index contributed by atoms with van der Waals surface area (Å²) in [5.41, 5.74) is 3.19. The Bertz CT molecular complexity index is 1000. The van der Waals surface area contributed by atoms with Crippen molar-refractivity contribution in [3.63, 3.8) is 0 Å². The molecule has 4 rings (SSSR count). The van der Waals surface area contributed by atoms with Crippen LogP contribution in [0.5, 0.6) is 0 Å². The lowest BCUT2D eigenvalue weighted by atomic mass is 10.1. The minimum absolute atomic E-state index is 0.0525. The molecule has 1 aliphatic rings. The highest BCUT2D eigenvalue weighted by Gasteiger charge is 2.37. The lowest BCUT2D eigenvalue weighted by molar-refractivity contribution is -0.126. The number of hydrogen-bond acceptors (Lipinski definition) is 2. The lowest BCUT2D eigenvalue weighted by Crippen LogP contribution is -2.27. The average molecular weight is 471 g/mol. The quantitative estimate of drug-likeness (QED) is 0.386. The van der Waals surface area contributed by atoms with Gasteiger partial charge in [0, 0.05) is 16.0 Å². The van der Waals surface area contributed by atoms with Crippen LogP contribution >= 0.6 is 39.3 Å². The van der Waals surface area contributed by atoms with Gasteiger partial charge in [-0.05, 0) is 47.0 Å². The van der Waals surface area contributed by atoms with Gasteiger partial charge in [0.15, 0.2) is 0 Å². The predicted molar refractivity (Wildman–Crippen MR) is 121 cm³/mol. The van der Waals surface area contributed by atoms with E-state index in [0.29, 0.717) is 11.6 Å². The summed E-state index contributed by atoms with van der Waals surface area (Å²) in [6, 6.07) is 25.8. The molecule has 1 atom stereocenters. The minimum atomic E-state index is -0.0772. The number of benzene rings is 3. The third-order valence-corrected chi connectivity index (χ3v) is 6.59. The molecule has 3 aromatic carbocycles. The molecule has 0 aliphatic carbocycles. The van der Waals surface area contributed by atoms with Gasteiger partial charge >= 0.3 is 0 Å². The van der Waals surface area contributed by atoms with E-state index in [9.17, 15) is 4.79 Å². The monoisotopic (exact) mass is 469 g/mol. The molecule has 0 saturated carbocycles. The zero-order valence-corrected chi connectivity index (χ0v) is 18.0. The Balaban J connectivity index is 1.68. The number of thioether (sulfide) groups is 1. The van der Waals surface area contributed by atoms with Crippen LogP contribution in [0.4, 0.5) is 0 Å². The van der Waals surface area contributed by atoms with E-state index in [1.54, 1.807) is 11.8 Å². The second-order valence-corrected chi connectivity index (χ2v) is 8.97. The van der Waals surface area contributed by atoms with Crippen LogP contribution in [0.25, 0.3) is 6.08 Å². The van der Waals surface area contributed by atoms with Gasteiger partial charge in [-0.1, -0.05) is 93.9 Å². The van der Waals surface area contributed by atoms with Crippen LogP contribution in [0, 0.1) is 0 Å². The zero-order valence-electron chi connectivity index (χ0n) is 14.9. The van der Waals surface area contributed by atoms with E-state index in [1.807, 2.05) is 89.8 Å². The SMILES string of the molecule is O=C1/C(=C/c2ccc(Br)cc2)S[C@H](c2ccc(Cl)cc2)N1Cc1ccccc1. The van der Waals surface area contributed by atoms with Gasteiger partial charge in [-0.25, -0.2) is 0 Å². The molecule has 1 amide bonds.